The van der Waals surface area contributed by atoms with E-state index in [1.807, 2.05) is 18.5 Å². The molecule has 2 saturated heterocycles. The predicted octanol–water partition coefficient (Wildman–Crippen LogP) is 1.76. The minimum atomic E-state index is -5.08. The number of alkyl halides is 6. The van der Waals surface area contributed by atoms with Crippen LogP contribution in [0.3, 0.4) is 0 Å². The van der Waals surface area contributed by atoms with Gasteiger partial charge in [0.05, 0.1) is 13.2 Å². The number of halogens is 6. The third kappa shape index (κ3) is 8.11. The zero-order valence-electron chi connectivity index (χ0n) is 17.0. The number of anilines is 1. The van der Waals surface area contributed by atoms with Gasteiger partial charge in [-0.05, 0) is 20.2 Å². The Bertz CT molecular complexity index is 738. The van der Waals surface area contributed by atoms with Gasteiger partial charge in [0.25, 0.3) is 0 Å². The maximum atomic E-state index is 10.6. The molecule has 2 aliphatic heterocycles. The van der Waals surface area contributed by atoms with Crippen LogP contribution in [0, 0.1) is 11.3 Å². The van der Waals surface area contributed by atoms with E-state index in [1.54, 1.807) is 0 Å². The van der Waals surface area contributed by atoms with Crippen molar-refractivity contribution in [3.63, 3.8) is 0 Å². The second-order valence-electron chi connectivity index (χ2n) is 7.35. The molecule has 3 heterocycles. The lowest BCUT2D eigenvalue weighted by atomic mass is 9.81. The molecule has 0 aromatic carbocycles. The molecule has 0 bridgehead atoms. The van der Waals surface area contributed by atoms with Crippen LogP contribution in [-0.2, 0) is 14.3 Å². The second kappa shape index (κ2) is 10.8. The number of hydrogen-bond acceptors (Lipinski definition) is 7. The van der Waals surface area contributed by atoms with Crippen LogP contribution in [0.1, 0.15) is 0 Å². The summed E-state index contributed by atoms with van der Waals surface area (Å²) in [5.74, 6) is -4.06. The third-order valence-electron chi connectivity index (χ3n) is 4.47. The molecule has 1 aromatic heterocycles. The van der Waals surface area contributed by atoms with E-state index in [0.29, 0.717) is 5.92 Å². The molecule has 15 heteroatoms. The molecule has 2 aliphatic rings. The van der Waals surface area contributed by atoms with Crippen molar-refractivity contribution >= 4 is 17.9 Å². The van der Waals surface area contributed by atoms with E-state index in [4.69, 9.17) is 24.5 Å². The van der Waals surface area contributed by atoms with E-state index < -0.39 is 24.3 Å². The number of ether oxygens (including phenoxy) is 1. The molecule has 0 saturated carbocycles. The third-order valence-corrected chi connectivity index (χ3v) is 4.47. The topological polar surface area (TPSA) is 116 Å². The quantitative estimate of drug-likeness (QED) is 0.630. The largest absolute Gasteiger partial charge is 0.490 e. The van der Waals surface area contributed by atoms with Gasteiger partial charge in [-0.25, -0.2) is 19.6 Å². The van der Waals surface area contributed by atoms with Gasteiger partial charge >= 0.3 is 24.3 Å². The molecule has 2 N–H and O–H groups in total. The summed E-state index contributed by atoms with van der Waals surface area (Å²) >= 11 is 0. The highest BCUT2D eigenvalue weighted by atomic mass is 19.4. The zero-order chi connectivity index (χ0) is 24.7. The highest BCUT2D eigenvalue weighted by molar-refractivity contribution is 5.73. The number of fused-ring (bicyclic) bond motifs is 1. The van der Waals surface area contributed by atoms with Crippen LogP contribution in [0.25, 0.3) is 0 Å². The fraction of sp³-hybridized carbons (Fsp3) is 0.647. The van der Waals surface area contributed by atoms with Crippen LogP contribution in [-0.4, -0.2) is 96.3 Å². The number of hydrogen-bond donors (Lipinski definition) is 2. The molecule has 2 fully saturated rings. The molecule has 3 rings (SSSR count). The van der Waals surface area contributed by atoms with Gasteiger partial charge in [0.1, 0.15) is 0 Å². The number of carboxylic acid groups (broad SMARTS) is 2. The number of aliphatic carboxylic acids is 2. The Morgan fingerprint density at radius 2 is 1.59 bits per heavy atom. The lowest BCUT2D eigenvalue weighted by molar-refractivity contribution is -0.193. The Hall–Kier alpha value is -2.68. The van der Waals surface area contributed by atoms with Crippen molar-refractivity contribution < 1.29 is 50.9 Å². The van der Waals surface area contributed by atoms with Gasteiger partial charge in [-0.15, -0.1) is 0 Å². The van der Waals surface area contributed by atoms with Crippen LogP contribution in [0.5, 0.6) is 0 Å². The Morgan fingerprint density at radius 1 is 1.12 bits per heavy atom. The molecule has 1 aromatic rings. The molecular weight excluding hydrogens is 454 g/mol. The van der Waals surface area contributed by atoms with Crippen molar-refractivity contribution in [2.45, 2.75) is 12.4 Å². The van der Waals surface area contributed by atoms with Crippen molar-refractivity contribution in [1.82, 2.24) is 14.9 Å². The van der Waals surface area contributed by atoms with Gasteiger partial charge in [-0.3, -0.25) is 0 Å². The summed E-state index contributed by atoms with van der Waals surface area (Å²) in [6.45, 7) is 4.81. The van der Waals surface area contributed by atoms with E-state index in [1.165, 1.54) is 0 Å². The minimum absolute atomic E-state index is 0.253. The molecule has 182 valence electrons. The van der Waals surface area contributed by atoms with Crippen LogP contribution >= 0.6 is 0 Å². The van der Waals surface area contributed by atoms with Crippen molar-refractivity contribution in [3.05, 3.63) is 18.5 Å². The van der Waals surface area contributed by atoms with Crippen molar-refractivity contribution in [2.75, 3.05) is 51.8 Å². The molecule has 0 spiro atoms. The van der Waals surface area contributed by atoms with Crippen LogP contribution in [0.2, 0.25) is 0 Å². The standard InChI is InChI=1S/C13H20N4O.2C2HF3O2/c1-16(2)8-13-9-17(6-11(13)7-18-10-13)12-14-4-3-5-15-12;2*3-2(4,5)1(6)7/h3-5,11H,6-10H2,1-2H3;2*(H,6,7)/t11-,13+;;/m1../s1. The summed E-state index contributed by atoms with van der Waals surface area (Å²) in [5, 5.41) is 14.2. The summed E-state index contributed by atoms with van der Waals surface area (Å²) in [5.41, 5.74) is 0.253. The van der Waals surface area contributed by atoms with Gasteiger partial charge in [-0.2, -0.15) is 26.3 Å². The van der Waals surface area contributed by atoms with Gasteiger partial charge < -0.3 is 24.7 Å². The highest BCUT2D eigenvalue weighted by Crippen LogP contribution is 2.42. The summed E-state index contributed by atoms with van der Waals surface area (Å²) in [6.07, 6.45) is -6.54. The fourth-order valence-corrected chi connectivity index (χ4v) is 3.29. The minimum Gasteiger partial charge on any atom is -0.475 e. The average molecular weight is 476 g/mol. The molecule has 0 aliphatic carbocycles. The Balaban J connectivity index is 0.000000305. The van der Waals surface area contributed by atoms with Gasteiger partial charge in [-0.1, -0.05) is 0 Å². The second-order valence-corrected chi connectivity index (χ2v) is 7.35. The average Bonchev–Trinajstić information content (AvgIpc) is 3.18. The van der Waals surface area contributed by atoms with E-state index in [0.717, 1.165) is 38.8 Å². The first-order chi connectivity index (χ1) is 14.6. The summed E-state index contributed by atoms with van der Waals surface area (Å²) in [4.78, 5) is 31.1. The lowest BCUT2D eigenvalue weighted by Crippen LogP contribution is -2.40. The highest BCUT2D eigenvalue weighted by Gasteiger charge is 2.51. The van der Waals surface area contributed by atoms with Crippen molar-refractivity contribution in [2.24, 2.45) is 11.3 Å². The first kappa shape index (κ1) is 27.4. The summed E-state index contributed by atoms with van der Waals surface area (Å²) < 4.78 is 69.2. The van der Waals surface area contributed by atoms with Crippen molar-refractivity contribution in [3.8, 4) is 0 Å². The zero-order valence-corrected chi connectivity index (χ0v) is 17.0. The molecule has 0 radical (unpaired) electrons. The molecule has 2 atom stereocenters. The molecular formula is C17H22F6N4O5. The Morgan fingerprint density at radius 3 is 2.00 bits per heavy atom. The van der Waals surface area contributed by atoms with E-state index >= 15 is 0 Å². The number of nitrogens with zero attached hydrogens (tertiary/aromatic N) is 4. The molecule has 32 heavy (non-hydrogen) atoms. The SMILES string of the molecule is CN(C)C[C@]12COC[C@H]1CN(c1ncccn1)C2.O=C(O)C(F)(F)F.O=C(O)C(F)(F)F. The number of rotatable bonds is 3. The summed E-state index contributed by atoms with van der Waals surface area (Å²) in [7, 11) is 4.26. The van der Waals surface area contributed by atoms with E-state index in [2.05, 4.69) is 33.9 Å². The van der Waals surface area contributed by atoms with Crippen molar-refractivity contribution in [1.29, 1.82) is 0 Å². The smallest absolute Gasteiger partial charge is 0.475 e. The van der Waals surface area contributed by atoms with E-state index in [-0.39, 0.29) is 5.41 Å². The van der Waals surface area contributed by atoms with Gasteiger partial charge in [0.2, 0.25) is 5.95 Å². The summed E-state index contributed by atoms with van der Waals surface area (Å²) in [6, 6.07) is 1.86. The number of carboxylic acids is 2. The van der Waals surface area contributed by atoms with Gasteiger partial charge in [0, 0.05) is 43.4 Å². The lowest BCUT2D eigenvalue weighted by Gasteiger charge is -2.30. The van der Waals surface area contributed by atoms with Crippen LogP contribution in [0.4, 0.5) is 32.3 Å². The van der Waals surface area contributed by atoms with Crippen LogP contribution < -0.4 is 4.90 Å². The first-order valence-electron chi connectivity index (χ1n) is 8.93. The molecule has 0 unspecified atom stereocenters. The maximum absolute atomic E-state index is 10.6. The molecule has 0 amide bonds. The normalized spacial score (nSPS) is 22.4. The van der Waals surface area contributed by atoms with Crippen LogP contribution in [0.15, 0.2) is 18.5 Å². The maximum Gasteiger partial charge on any atom is 0.490 e. The fourth-order valence-electron chi connectivity index (χ4n) is 3.29. The Labute approximate surface area is 178 Å². The molecule has 9 nitrogen and oxygen atoms in total. The first-order valence-corrected chi connectivity index (χ1v) is 8.93. The predicted molar refractivity (Wildman–Crippen MR) is 96.9 cm³/mol. The Kier molecular flexibility index (Phi) is 9.20. The number of carbonyl (C=O) groups is 2. The number of aromatic nitrogens is 2. The monoisotopic (exact) mass is 476 g/mol. The van der Waals surface area contributed by atoms with E-state index in [9.17, 15) is 26.3 Å². The van der Waals surface area contributed by atoms with Gasteiger partial charge in [0.15, 0.2) is 0 Å².